The Morgan fingerprint density at radius 1 is 1.30 bits per heavy atom. The Balaban J connectivity index is 1.63. The van der Waals surface area contributed by atoms with Crippen molar-refractivity contribution in [3.63, 3.8) is 0 Å². The number of fused-ring (bicyclic) bond motifs is 1. The lowest BCUT2D eigenvalue weighted by Crippen LogP contribution is -2.35. The Labute approximate surface area is 136 Å². The van der Waals surface area contributed by atoms with Crippen molar-refractivity contribution < 1.29 is 4.79 Å². The maximum atomic E-state index is 12.9. The molecular formula is C19H23N3O. The van der Waals surface area contributed by atoms with Gasteiger partial charge in [0.05, 0.1) is 0 Å². The molecule has 1 saturated carbocycles. The molecular weight excluding hydrogens is 286 g/mol. The maximum absolute atomic E-state index is 12.9. The first-order valence-electron chi connectivity index (χ1n) is 8.63. The number of aromatic amines is 1. The van der Waals surface area contributed by atoms with Crippen LogP contribution in [0.2, 0.25) is 0 Å². The molecule has 23 heavy (non-hydrogen) atoms. The molecule has 0 saturated heterocycles. The summed E-state index contributed by atoms with van der Waals surface area (Å²) in [5.41, 5.74) is 5.35. The highest BCUT2D eigenvalue weighted by Gasteiger charge is 2.29. The molecule has 1 amide bonds. The van der Waals surface area contributed by atoms with Crippen LogP contribution < -0.4 is 4.90 Å². The molecule has 4 heteroatoms. The van der Waals surface area contributed by atoms with Crippen molar-refractivity contribution in [3.8, 4) is 0 Å². The van der Waals surface area contributed by atoms with Gasteiger partial charge in [-0.05, 0) is 54.9 Å². The third kappa shape index (κ3) is 2.67. The second-order valence-electron chi connectivity index (χ2n) is 7.09. The molecule has 0 bridgehead atoms. The van der Waals surface area contributed by atoms with Gasteiger partial charge in [0, 0.05) is 23.8 Å². The highest BCUT2D eigenvalue weighted by Crippen LogP contribution is 2.39. The van der Waals surface area contributed by atoms with Gasteiger partial charge in [-0.1, -0.05) is 26.0 Å². The van der Waals surface area contributed by atoms with Gasteiger partial charge in [-0.25, -0.2) is 0 Å². The maximum Gasteiger partial charge on any atom is 0.278 e. The van der Waals surface area contributed by atoms with Gasteiger partial charge in [0.1, 0.15) is 0 Å². The van der Waals surface area contributed by atoms with Crippen molar-refractivity contribution in [2.24, 2.45) is 0 Å². The summed E-state index contributed by atoms with van der Waals surface area (Å²) < 4.78 is 0. The summed E-state index contributed by atoms with van der Waals surface area (Å²) in [6.07, 6.45) is 4.48. The van der Waals surface area contributed by atoms with Crippen molar-refractivity contribution >= 4 is 11.6 Å². The number of nitrogens with zero attached hydrogens (tertiary/aromatic N) is 2. The molecule has 1 aromatic carbocycles. The lowest BCUT2D eigenvalue weighted by atomic mass is 9.94. The van der Waals surface area contributed by atoms with Crippen LogP contribution in [0.25, 0.3) is 0 Å². The Hall–Kier alpha value is -2.10. The first-order valence-corrected chi connectivity index (χ1v) is 8.63. The number of rotatable bonds is 3. The van der Waals surface area contributed by atoms with E-state index in [1.54, 1.807) is 0 Å². The van der Waals surface area contributed by atoms with Gasteiger partial charge < -0.3 is 4.90 Å². The van der Waals surface area contributed by atoms with Crippen LogP contribution in [-0.4, -0.2) is 22.6 Å². The van der Waals surface area contributed by atoms with E-state index >= 15 is 0 Å². The van der Waals surface area contributed by atoms with E-state index in [1.807, 2.05) is 11.0 Å². The summed E-state index contributed by atoms with van der Waals surface area (Å²) in [6, 6.07) is 8.46. The number of benzene rings is 1. The van der Waals surface area contributed by atoms with Crippen LogP contribution in [0.5, 0.6) is 0 Å². The number of nitrogens with one attached hydrogen (secondary N) is 1. The first kappa shape index (κ1) is 14.5. The Morgan fingerprint density at radius 3 is 2.87 bits per heavy atom. The lowest BCUT2D eigenvalue weighted by Gasteiger charge is -2.29. The zero-order valence-electron chi connectivity index (χ0n) is 13.8. The van der Waals surface area contributed by atoms with E-state index in [0.717, 1.165) is 30.8 Å². The predicted molar refractivity (Wildman–Crippen MR) is 91.1 cm³/mol. The standard InChI is InChI=1S/C19H23N3O/c1-12(2)14-7-8-18-15(10-14)4-3-9-22(18)19(23)17-11-16(20-21-17)13-5-6-13/h7-8,10-13H,3-6,9H2,1-2H3,(H,20,21). The highest BCUT2D eigenvalue weighted by atomic mass is 16.2. The summed E-state index contributed by atoms with van der Waals surface area (Å²) in [5, 5.41) is 7.29. The van der Waals surface area contributed by atoms with Crippen molar-refractivity contribution in [1.82, 2.24) is 10.2 Å². The molecule has 2 aromatic rings. The molecule has 1 N–H and O–H groups in total. The van der Waals surface area contributed by atoms with E-state index in [1.165, 1.54) is 24.0 Å². The normalized spacial score (nSPS) is 17.4. The minimum atomic E-state index is 0.0198. The van der Waals surface area contributed by atoms with Crippen LogP contribution in [0.4, 0.5) is 5.69 Å². The van der Waals surface area contributed by atoms with Crippen LogP contribution in [0.3, 0.4) is 0 Å². The van der Waals surface area contributed by atoms with Crippen molar-refractivity contribution in [1.29, 1.82) is 0 Å². The average Bonchev–Trinajstić information content (AvgIpc) is 3.30. The molecule has 0 spiro atoms. The van der Waals surface area contributed by atoms with Gasteiger partial charge >= 0.3 is 0 Å². The summed E-state index contributed by atoms with van der Waals surface area (Å²) in [5.74, 6) is 1.12. The van der Waals surface area contributed by atoms with E-state index < -0.39 is 0 Å². The molecule has 1 aromatic heterocycles. The molecule has 4 nitrogen and oxygen atoms in total. The molecule has 1 fully saturated rings. The van der Waals surface area contributed by atoms with E-state index in [2.05, 4.69) is 42.2 Å². The van der Waals surface area contributed by atoms with Gasteiger partial charge in [0.15, 0.2) is 5.69 Å². The van der Waals surface area contributed by atoms with E-state index in [0.29, 0.717) is 17.5 Å². The number of aryl methyl sites for hydroxylation is 1. The molecule has 0 radical (unpaired) electrons. The lowest BCUT2D eigenvalue weighted by molar-refractivity contribution is 0.0980. The third-order valence-corrected chi connectivity index (χ3v) is 4.97. The Morgan fingerprint density at radius 2 is 2.13 bits per heavy atom. The largest absolute Gasteiger partial charge is 0.307 e. The van der Waals surface area contributed by atoms with Crippen LogP contribution in [0, 0.1) is 0 Å². The van der Waals surface area contributed by atoms with E-state index in [-0.39, 0.29) is 5.91 Å². The molecule has 0 unspecified atom stereocenters. The molecule has 4 rings (SSSR count). The van der Waals surface area contributed by atoms with Gasteiger partial charge in [-0.2, -0.15) is 5.10 Å². The third-order valence-electron chi connectivity index (χ3n) is 4.97. The minimum absolute atomic E-state index is 0.0198. The molecule has 0 atom stereocenters. The van der Waals surface area contributed by atoms with Gasteiger partial charge in [-0.3, -0.25) is 9.89 Å². The number of hydrogen-bond donors (Lipinski definition) is 1. The summed E-state index contributed by atoms with van der Waals surface area (Å²) in [6.45, 7) is 5.19. The highest BCUT2D eigenvalue weighted by molar-refractivity contribution is 6.05. The Bertz CT molecular complexity index is 743. The molecule has 1 aliphatic carbocycles. The number of hydrogen-bond acceptors (Lipinski definition) is 2. The SMILES string of the molecule is CC(C)c1ccc2c(c1)CCCN2C(=O)c1cc(C2CC2)[nH]n1. The average molecular weight is 309 g/mol. The van der Waals surface area contributed by atoms with Gasteiger partial charge in [0.2, 0.25) is 0 Å². The molecule has 2 heterocycles. The van der Waals surface area contributed by atoms with Crippen LogP contribution in [0.15, 0.2) is 24.3 Å². The van der Waals surface area contributed by atoms with Crippen LogP contribution >= 0.6 is 0 Å². The number of anilines is 1. The monoisotopic (exact) mass is 309 g/mol. The van der Waals surface area contributed by atoms with Crippen molar-refractivity contribution in [2.45, 2.75) is 51.4 Å². The number of amides is 1. The fourth-order valence-corrected chi connectivity index (χ4v) is 3.38. The Kier molecular flexibility index (Phi) is 3.47. The predicted octanol–water partition coefficient (Wildman–Crippen LogP) is 4.00. The van der Waals surface area contributed by atoms with Gasteiger partial charge in [-0.15, -0.1) is 0 Å². The zero-order valence-corrected chi connectivity index (χ0v) is 13.8. The number of aromatic nitrogens is 2. The fourth-order valence-electron chi connectivity index (χ4n) is 3.38. The van der Waals surface area contributed by atoms with Crippen molar-refractivity contribution in [2.75, 3.05) is 11.4 Å². The smallest absolute Gasteiger partial charge is 0.278 e. The topological polar surface area (TPSA) is 49.0 Å². The molecule has 120 valence electrons. The van der Waals surface area contributed by atoms with E-state index in [9.17, 15) is 4.79 Å². The molecule has 2 aliphatic rings. The van der Waals surface area contributed by atoms with Crippen LogP contribution in [-0.2, 0) is 6.42 Å². The van der Waals surface area contributed by atoms with Crippen molar-refractivity contribution in [3.05, 3.63) is 46.8 Å². The minimum Gasteiger partial charge on any atom is -0.307 e. The second-order valence-corrected chi connectivity index (χ2v) is 7.09. The second kappa shape index (κ2) is 5.52. The zero-order chi connectivity index (χ0) is 16.0. The number of carbonyl (C=O) groups is 1. The number of carbonyl (C=O) groups excluding carboxylic acids is 1. The summed E-state index contributed by atoms with van der Waals surface area (Å²) >= 11 is 0. The molecule has 1 aliphatic heterocycles. The first-order chi connectivity index (χ1) is 11.1. The quantitative estimate of drug-likeness (QED) is 0.931. The fraction of sp³-hybridized carbons (Fsp3) is 0.474. The summed E-state index contributed by atoms with van der Waals surface area (Å²) in [4.78, 5) is 14.8. The number of H-pyrrole nitrogens is 1. The van der Waals surface area contributed by atoms with Gasteiger partial charge in [0.25, 0.3) is 5.91 Å². The summed E-state index contributed by atoms with van der Waals surface area (Å²) in [7, 11) is 0. The van der Waals surface area contributed by atoms with Crippen LogP contribution in [0.1, 0.15) is 72.3 Å². The van der Waals surface area contributed by atoms with E-state index in [4.69, 9.17) is 0 Å².